The number of hydrogen-bond acceptors (Lipinski definition) is 4. The van der Waals surface area contributed by atoms with Gasteiger partial charge in [0.05, 0.1) is 5.75 Å². The van der Waals surface area contributed by atoms with Gasteiger partial charge in [-0.1, -0.05) is 6.92 Å². The Hall–Kier alpha value is -1.11. The van der Waals surface area contributed by atoms with E-state index >= 15 is 0 Å². The summed E-state index contributed by atoms with van der Waals surface area (Å²) >= 11 is 0. The van der Waals surface area contributed by atoms with Gasteiger partial charge in [0.15, 0.2) is 9.84 Å². The van der Waals surface area contributed by atoms with E-state index in [1.807, 2.05) is 0 Å². The maximum absolute atomic E-state index is 12.1. The van der Waals surface area contributed by atoms with E-state index in [0.717, 1.165) is 0 Å². The van der Waals surface area contributed by atoms with Crippen molar-refractivity contribution in [3.05, 3.63) is 0 Å². The molecule has 1 saturated heterocycles. The third kappa shape index (κ3) is 3.01. The van der Waals surface area contributed by atoms with Gasteiger partial charge in [0.1, 0.15) is 11.6 Å². The van der Waals surface area contributed by atoms with Crippen molar-refractivity contribution in [2.45, 2.75) is 39.3 Å². The molecule has 0 aromatic rings. The van der Waals surface area contributed by atoms with Gasteiger partial charge in [0.2, 0.25) is 11.8 Å². The highest BCUT2D eigenvalue weighted by Crippen LogP contribution is 2.17. The van der Waals surface area contributed by atoms with Crippen LogP contribution < -0.4 is 5.32 Å². The van der Waals surface area contributed by atoms with E-state index in [9.17, 15) is 18.0 Å². The van der Waals surface area contributed by atoms with Crippen molar-refractivity contribution in [1.82, 2.24) is 10.2 Å². The first-order valence-electron chi connectivity index (χ1n) is 5.94. The van der Waals surface area contributed by atoms with Gasteiger partial charge in [-0.2, -0.15) is 0 Å². The molecule has 0 aromatic heterocycles. The van der Waals surface area contributed by atoms with Gasteiger partial charge in [-0.15, -0.1) is 0 Å². The van der Waals surface area contributed by atoms with Gasteiger partial charge in [-0.05, 0) is 20.8 Å². The minimum atomic E-state index is -3.15. The first-order valence-corrected chi connectivity index (χ1v) is 7.76. The molecule has 1 fully saturated rings. The number of carbonyl (C=O) groups is 2. The number of carbonyl (C=O) groups excluding carboxylic acids is 2. The second-order valence-corrected chi connectivity index (χ2v) is 7.50. The zero-order chi connectivity index (χ0) is 14.1. The average Bonchev–Trinajstić information content (AvgIpc) is 2.26. The molecular weight excluding hydrogens is 256 g/mol. The Kier molecular flexibility index (Phi) is 4.05. The normalized spacial score (nSPS) is 24.0. The standard InChI is InChI=1S/C11H20N2O4S/c1-5-18(16,17)7-6-13-8(2)9(14)12-11(3,4)10(13)15/h8H,5-7H2,1-4H3,(H,12,14). The zero-order valence-corrected chi connectivity index (χ0v) is 12.0. The van der Waals surface area contributed by atoms with Gasteiger partial charge in [-0.3, -0.25) is 9.59 Å². The summed E-state index contributed by atoms with van der Waals surface area (Å²) in [4.78, 5) is 25.2. The van der Waals surface area contributed by atoms with Gasteiger partial charge in [0.25, 0.3) is 0 Å². The van der Waals surface area contributed by atoms with Gasteiger partial charge < -0.3 is 10.2 Å². The van der Waals surface area contributed by atoms with Crippen LogP contribution in [0.15, 0.2) is 0 Å². The van der Waals surface area contributed by atoms with Gasteiger partial charge in [-0.25, -0.2) is 8.42 Å². The van der Waals surface area contributed by atoms with Crippen LogP contribution in [0.25, 0.3) is 0 Å². The lowest BCUT2D eigenvalue weighted by atomic mass is 9.97. The number of nitrogens with one attached hydrogen (secondary N) is 1. The molecule has 0 aliphatic carbocycles. The Morgan fingerprint density at radius 3 is 2.39 bits per heavy atom. The predicted molar refractivity (Wildman–Crippen MR) is 67.7 cm³/mol. The van der Waals surface area contributed by atoms with Gasteiger partial charge in [0, 0.05) is 12.3 Å². The molecule has 2 amide bonds. The Balaban J connectivity index is 2.85. The lowest BCUT2D eigenvalue weighted by Crippen LogP contribution is -2.67. The quantitative estimate of drug-likeness (QED) is 0.753. The van der Waals surface area contributed by atoms with Crippen LogP contribution in [0.2, 0.25) is 0 Å². The van der Waals surface area contributed by atoms with E-state index in [2.05, 4.69) is 5.32 Å². The molecule has 0 aromatic carbocycles. The summed E-state index contributed by atoms with van der Waals surface area (Å²) in [5, 5.41) is 2.62. The molecule has 18 heavy (non-hydrogen) atoms. The number of hydrogen-bond donors (Lipinski definition) is 1. The van der Waals surface area contributed by atoms with E-state index in [0.29, 0.717) is 0 Å². The summed E-state index contributed by atoms with van der Waals surface area (Å²) in [7, 11) is -3.15. The Bertz CT molecular complexity index is 456. The molecule has 6 nitrogen and oxygen atoms in total. The highest BCUT2D eigenvalue weighted by atomic mass is 32.2. The fraction of sp³-hybridized carbons (Fsp3) is 0.818. The maximum Gasteiger partial charge on any atom is 0.248 e. The van der Waals surface area contributed by atoms with Crippen molar-refractivity contribution in [2.24, 2.45) is 0 Å². The van der Waals surface area contributed by atoms with Crippen molar-refractivity contribution < 1.29 is 18.0 Å². The van der Waals surface area contributed by atoms with Crippen molar-refractivity contribution in [3.8, 4) is 0 Å². The lowest BCUT2D eigenvalue weighted by molar-refractivity contribution is -0.152. The first kappa shape index (κ1) is 14.9. The third-order valence-corrected chi connectivity index (χ3v) is 4.85. The molecule has 0 bridgehead atoms. The summed E-state index contributed by atoms with van der Waals surface area (Å²) in [5.74, 6) is -0.573. The molecule has 104 valence electrons. The average molecular weight is 276 g/mol. The second-order valence-electron chi connectivity index (χ2n) is 5.03. The number of amides is 2. The predicted octanol–water partition coefficient (Wildman–Crippen LogP) is -0.453. The topological polar surface area (TPSA) is 83.6 Å². The number of piperazine rings is 1. The summed E-state index contributed by atoms with van der Waals surface area (Å²) in [6.07, 6.45) is 0. The molecule has 1 N–H and O–H groups in total. The van der Waals surface area contributed by atoms with E-state index in [1.165, 1.54) is 4.90 Å². The van der Waals surface area contributed by atoms with E-state index in [1.54, 1.807) is 27.7 Å². The molecule has 1 rings (SSSR count). The summed E-state index contributed by atoms with van der Waals surface area (Å²) in [6, 6.07) is -0.627. The first-order chi connectivity index (χ1) is 8.10. The van der Waals surface area contributed by atoms with Crippen LogP contribution in [0.4, 0.5) is 0 Å². The lowest BCUT2D eigenvalue weighted by Gasteiger charge is -2.41. The van der Waals surface area contributed by atoms with E-state index < -0.39 is 21.4 Å². The van der Waals surface area contributed by atoms with Gasteiger partial charge >= 0.3 is 0 Å². The van der Waals surface area contributed by atoms with Crippen LogP contribution in [0.5, 0.6) is 0 Å². The van der Waals surface area contributed by atoms with Crippen molar-refractivity contribution in [3.63, 3.8) is 0 Å². The molecule has 1 unspecified atom stereocenters. The Morgan fingerprint density at radius 1 is 1.33 bits per heavy atom. The van der Waals surface area contributed by atoms with E-state index in [-0.39, 0.29) is 29.9 Å². The molecule has 0 saturated carbocycles. The molecule has 0 radical (unpaired) electrons. The van der Waals surface area contributed by atoms with Crippen LogP contribution in [-0.4, -0.2) is 54.8 Å². The fourth-order valence-electron chi connectivity index (χ4n) is 1.82. The highest BCUT2D eigenvalue weighted by molar-refractivity contribution is 7.91. The fourth-order valence-corrected chi connectivity index (χ4v) is 2.58. The number of sulfone groups is 1. The monoisotopic (exact) mass is 276 g/mol. The Labute approximate surface area is 108 Å². The third-order valence-electron chi connectivity index (χ3n) is 3.16. The zero-order valence-electron chi connectivity index (χ0n) is 11.2. The highest BCUT2D eigenvalue weighted by Gasteiger charge is 2.43. The Morgan fingerprint density at radius 2 is 1.89 bits per heavy atom. The molecule has 1 aliphatic rings. The molecule has 0 spiro atoms. The van der Waals surface area contributed by atoms with Crippen LogP contribution >= 0.6 is 0 Å². The minimum Gasteiger partial charge on any atom is -0.340 e. The molecule has 1 atom stereocenters. The minimum absolute atomic E-state index is 0.0407. The summed E-state index contributed by atoms with van der Waals surface area (Å²) < 4.78 is 22.9. The van der Waals surface area contributed by atoms with Crippen LogP contribution in [0, 0.1) is 0 Å². The van der Waals surface area contributed by atoms with Crippen LogP contribution in [0.3, 0.4) is 0 Å². The van der Waals surface area contributed by atoms with Crippen molar-refractivity contribution >= 4 is 21.7 Å². The van der Waals surface area contributed by atoms with Crippen molar-refractivity contribution in [2.75, 3.05) is 18.1 Å². The molecule has 1 heterocycles. The SMILES string of the molecule is CCS(=O)(=O)CCN1C(=O)C(C)(C)NC(=O)C1C. The number of rotatable bonds is 4. The molecular formula is C11H20N2O4S. The molecule has 1 aliphatic heterocycles. The van der Waals surface area contributed by atoms with Crippen molar-refractivity contribution in [1.29, 1.82) is 0 Å². The molecule has 7 heteroatoms. The van der Waals surface area contributed by atoms with Crippen LogP contribution in [-0.2, 0) is 19.4 Å². The number of nitrogens with zero attached hydrogens (tertiary/aromatic N) is 1. The second kappa shape index (κ2) is 4.87. The maximum atomic E-state index is 12.1. The smallest absolute Gasteiger partial charge is 0.248 e. The summed E-state index contributed by atoms with van der Waals surface area (Å²) in [5.41, 5.74) is -0.973. The largest absolute Gasteiger partial charge is 0.340 e. The summed E-state index contributed by atoms with van der Waals surface area (Å²) in [6.45, 7) is 6.45. The van der Waals surface area contributed by atoms with Crippen LogP contribution in [0.1, 0.15) is 27.7 Å². The van der Waals surface area contributed by atoms with E-state index in [4.69, 9.17) is 0 Å².